The number of rotatable bonds is 4. The number of nitrogens with two attached hydrogens (primary N) is 1. The Balaban J connectivity index is 2.94. The van der Waals surface area contributed by atoms with E-state index in [2.05, 4.69) is 4.74 Å². The number of carbonyl (C=O) groups excluding carboxylic acids is 1. The van der Waals surface area contributed by atoms with E-state index in [1.165, 1.54) is 0 Å². The van der Waals surface area contributed by atoms with Crippen molar-refractivity contribution in [2.45, 2.75) is 25.6 Å². The van der Waals surface area contributed by atoms with Crippen molar-refractivity contribution in [2.75, 3.05) is 6.61 Å². The molecule has 0 bridgehead atoms. The van der Waals surface area contributed by atoms with Crippen LogP contribution in [0.3, 0.4) is 0 Å². The smallest absolute Gasteiger partial charge is 0.419 e. The first-order valence-electron chi connectivity index (χ1n) is 5.54. The van der Waals surface area contributed by atoms with E-state index in [0.29, 0.717) is 6.07 Å². The molecule has 1 rings (SSSR count). The Bertz CT molecular complexity index is 460. The number of alkyl halides is 3. The molecule has 0 radical (unpaired) electrons. The molecule has 1 unspecified atom stereocenters. The zero-order valence-electron chi connectivity index (χ0n) is 10.1. The molecular formula is C12H13F4NO2. The lowest BCUT2D eigenvalue weighted by molar-refractivity contribution is -0.144. The summed E-state index contributed by atoms with van der Waals surface area (Å²) in [7, 11) is 0. The van der Waals surface area contributed by atoms with Crippen molar-refractivity contribution in [1.82, 2.24) is 0 Å². The first-order chi connectivity index (χ1) is 8.77. The van der Waals surface area contributed by atoms with Crippen LogP contribution in [0, 0.1) is 5.82 Å². The van der Waals surface area contributed by atoms with E-state index in [1.54, 1.807) is 6.92 Å². The quantitative estimate of drug-likeness (QED) is 0.679. The highest BCUT2D eigenvalue weighted by Crippen LogP contribution is 2.32. The fraction of sp³-hybridized carbons (Fsp3) is 0.417. The summed E-state index contributed by atoms with van der Waals surface area (Å²) in [5.41, 5.74) is 3.80. The van der Waals surface area contributed by atoms with Crippen LogP contribution in [0.5, 0.6) is 0 Å². The summed E-state index contributed by atoms with van der Waals surface area (Å²) in [5, 5.41) is 0. The van der Waals surface area contributed by atoms with Crippen LogP contribution in [-0.4, -0.2) is 18.6 Å². The molecule has 0 fully saturated rings. The lowest BCUT2D eigenvalue weighted by Gasteiger charge is -2.14. The lowest BCUT2D eigenvalue weighted by atomic mass is 10.0. The third-order valence-corrected chi connectivity index (χ3v) is 2.41. The molecule has 106 valence electrons. The van der Waals surface area contributed by atoms with Crippen LogP contribution in [0.1, 0.15) is 18.1 Å². The number of halogens is 4. The highest BCUT2D eigenvalue weighted by atomic mass is 19.4. The Labute approximate surface area is 107 Å². The maximum atomic E-state index is 13.7. The molecule has 0 aliphatic carbocycles. The van der Waals surface area contributed by atoms with Crippen LogP contribution >= 0.6 is 0 Å². The predicted molar refractivity (Wildman–Crippen MR) is 59.7 cm³/mol. The summed E-state index contributed by atoms with van der Waals surface area (Å²) in [6.45, 7) is 1.66. The zero-order chi connectivity index (χ0) is 14.6. The minimum absolute atomic E-state index is 0.0948. The standard InChI is InChI=1S/C12H13F4NO2/c1-2-19-11(18)9(17)6-7-4-3-5-8(10(7)13)12(14,15)16/h3-5,9H,2,6,17H2,1H3. The third kappa shape index (κ3) is 3.92. The molecular weight excluding hydrogens is 266 g/mol. The van der Waals surface area contributed by atoms with Gasteiger partial charge in [0.2, 0.25) is 0 Å². The molecule has 0 heterocycles. The van der Waals surface area contributed by atoms with E-state index in [1.807, 2.05) is 0 Å². The van der Waals surface area contributed by atoms with Crippen LogP contribution in [0.15, 0.2) is 18.2 Å². The summed E-state index contributed by atoms with van der Waals surface area (Å²) in [5.74, 6) is -2.19. The minimum Gasteiger partial charge on any atom is -0.465 e. The van der Waals surface area contributed by atoms with Crippen molar-refractivity contribution in [3.63, 3.8) is 0 Å². The Morgan fingerprint density at radius 1 is 1.42 bits per heavy atom. The van der Waals surface area contributed by atoms with E-state index < -0.39 is 29.6 Å². The van der Waals surface area contributed by atoms with Crippen LogP contribution < -0.4 is 5.73 Å². The van der Waals surface area contributed by atoms with Gasteiger partial charge >= 0.3 is 12.1 Å². The summed E-state index contributed by atoms with van der Waals surface area (Å²) in [6, 6.07) is 1.66. The zero-order valence-corrected chi connectivity index (χ0v) is 10.1. The van der Waals surface area contributed by atoms with Crippen molar-refractivity contribution >= 4 is 5.97 Å². The number of hydrogen-bond acceptors (Lipinski definition) is 3. The molecule has 0 amide bonds. The summed E-state index contributed by atoms with van der Waals surface area (Å²) >= 11 is 0. The topological polar surface area (TPSA) is 52.3 Å². The fourth-order valence-electron chi connectivity index (χ4n) is 1.53. The second-order valence-corrected chi connectivity index (χ2v) is 3.84. The predicted octanol–water partition coefficient (Wildman–Crippen LogP) is 2.28. The molecule has 0 aromatic heterocycles. The second kappa shape index (κ2) is 6.01. The molecule has 3 nitrogen and oxygen atoms in total. The normalized spacial score (nSPS) is 13.2. The van der Waals surface area contributed by atoms with Gasteiger partial charge < -0.3 is 10.5 Å². The van der Waals surface area contributed by atoms with Gasteiger partial charge in [0.25, 0.3) is 0 Å². The average Bonchev–Trinajstić information content (AvgIpc) is 2.30. The SMILES string of the molecule is CCOC(=O)C(N)Cc1cccc(C(F)(F)F)c1F. The number of hydrogen-bond donors (Lipinski definition) is 1. The molecule has 0 aliphatic rings. The van der Waals surface area contributed by atoms with Crippen molar-refractivity contribution in [2.24, 2.45) is 5.73 Å². The van der Waals surface area contributed by atoms with Gasteiger partial charge in [-0.25, -0.2) is 4.39 Å². The van der Waals surface area contributed by atoms with Gasteiger partial charge in [0, 0.05) is 6.42 Å². The van der Waals surface area contributed by atoms with Crippen LogP contribution in [0.2, 0.25) is 0 Å². The monoisotopic (exact) mass is 279 g/mol. The van der Waals surface area contributed by atoms with E-state index in [9.17, 15) is 22.4 Å². The molecule has 0 spiro atoms. The maximum Gasteiger partial charge on any atom is 0.419 e. The third-order valence-electron chi connectivity index (χ3n) is 2.41. The number of esters is 1. The number of carbonyl (C=O) groups is 1. The van der Waals surface area contributed by atoms with Gasteiger partial charge in [-0.15, -0.1) is 0 Å². The van der Waals surface area contributed by atoms with E-state index in [-0.39, 0.29) is 18.6 Å². The number of benzene rings is 1. The summed E-state index contributed by atoms with van der Waals surface area (Å²) in [4.78, 5) is 11.2. The second-order valence-electron chi connectivity index (χ2n) is 3.84. The largest absolute Gasteiger partial charge is 0.465 e. The fourth-order valence-corrected chi connectivity index (χ4v) is 1.53. The van der Waals surface area contributed by atoms with Crippen molar-refractivity contribution in [1.29, 1.82) is 0 Å². The van der Waals surface area contributed by atoms with Gasteiger partial charge in [0.05, 0.1) is 12.2 Å². The molecule has 1 aromatic carbocycles. The number of ether oxygens (including phenoxy) is 1. The Morgan fingerprint density at radius 3 is 2.58 bits per heavy atom. The van der Waals surface area contributed by atoms with Crippen molar-refractivity contribution < 1.29 is 27.1 Å². The highest BCUT2D eigenvalue weighted by molar-refractivity contribution is 5.75. The Morgan fingerprint density at radius 2 is 2.05 bits per heavy atom. The van der Waals surface area contributed by atoms with Crippen molar-refractivity contribution in [3.05, 3.63) is 35.1 Å². The van der Waals surface area contributed by atoms with Crippen LogP contribution in [0.4, 0.5) is 17.6 Å². The van der Waals surface area contributed by atoms with Crippen molar-refractivity contribution in [3.8, 4) is 0 Å². The van der Waals surface area contributed by atoms with Gasteiger partial charge in [-0.2, -0.15) is 13.2 Å². The molecule has 7 heteroatoms. The first kappa shape index (κ1) is 15.4. The molecule has 1 aromatic rings. The highest BCUT2D eigenvalue weighted by Gasteiger charge is 2.35. The van der Waals surface area contributed by atoms with Gasteiger partial charge in [0.1, 0.15) is 11.9 Å². The molecule has 1 atom stereocenters. The Kier molecular flexibility index (Phi) is 4.88. The molecule has 0 aliphatic heterocycles. The lowest BCUT2D eigenvalue weighted by Crippen LogP contribution is -2.34. The Hall–Kier alpha value is -1.63. The summed E-state index contributed by atoms with van der Waals surface area (Å²) < 4.78 is 55.7. The first-order valence-corrected chi connectivity index (χ1v) is 5.54. The van der Waals surface area contributed by atoms with Gasteiger partial charge in [-0.05, 0) is 18.6 Å². The molecule has 19 heavy (non-hydrogen) atoms. The minimum atomic E-state index is -4.78. The van der Waals surface area contributed by atoms with Gasteiger partial charge in [-0.1, -0.05) is 12.1 Å². The van der Waals surface area contributed by atoms with E-state index in [4.69, 9.17) is 5.73 Å². The summed E-state index contributed by atoms with van der Waals surface area (Å²) in [6.07, 6.45) is -5.14. The van der Waals surface area contributed by atoms with Gasteiger partial charge in [-0.3, -0.25) is 4.79 Å². The van der Waals surface area contributed by atoms with Gasteiger partial charge in [0.15, 0.2) is 0 Å². The van der Waals surface area contributed by atoms with Crippen LogP contribution in [-0.2, 0) is 22.1 Å². The van der Waals surface area contributed by atoms with E-state index >= 15 is 0 Å². The molecule has 0 saturated carbocycles. The maximum absolute atomic E-state index is 13.7. The van der Waals surface area contributed by atoms with E-state index in [0.717, 1.165) is 12.1 Å². The average molecular weight is 279 g/mol. The molecule has 2 N–H and O–H groups in total. The van der Waals surface area contributed by atoms with Crippen LogP contribution in [0.25, 0.3) is 0 Å². The molecule has 0 saturated heterocycles.